The van der Waals surface area contributed by atoms with Crippen LogP contribution in [0.1, 0.15) is 72.2 Å². The van der Waals surface area contributed by atoms with E-state index in [1.165, 1.54) is 6.07 Å². The number of fused-ring (bicyclic) bond motifs is 3. The molecule has 4 atom stereocenters. The summed E-state index contributed by atoms with van der Waals surface area (Å²) in [6, 6.07) is 7.00. The minimum atomic E-state index is -2.64. The minimum absolute atomic E-state index is 0.0899. The Bertz CT molecular complexity index is 1800. The lowest BCUT2D eigenvalue weighted by Crippen LogP contribution is -2.51. The number of anilines is 3. The standard InChI is InChI=1S/C34H40F3N9O/c1-19(21-8-6-10-41-29(21)40)46(4)30-24-15-45(3)33(9-5-7-22-25(35)11-26(39)23(14-38)28(22)33)13-27(24)42-31(43-30)47-16-20-12-32(18-44(20)2)17-34(32,36)37/h6,8,10-11,19-20H,5,7,9,12-13,15-18,39H2,1-4H3,(H2,40,41)/t19-,20+,32+,33-/m1/s1. The van der Waals surface area contributed by atoms with Gasteiger partial charge >= 0.3 is 6.01 Å². The van der Waals surface area contributed by atoms with Crippen molar-refractivity contribution in [2.24, 2.45) is 5.41 Å². The SMILES string of the molecule is C[C@H](c1cccnc1N)N(C)c1nc(OC[C@@H]2C[C@@]3(CN2C)CC3(F)F)nc2c1CN(C)[C@]1(CCCc3c(F)cc(N)c(C#N)c31)C2. The van der Waals surface area contributed by atoms with Gasteiger partial charge in [-0.05, 0) is 70.0 Å². The van der Waals surface area contributed by atoms with E-state index in [1.807, 2.05) is 50.0 Å². The number of nitrogens with two attached hydrogens (primary N) is 2. The van der Waals surface area contributed by atoms with Crippen LogP contribution in [-0.4, -0.2) is 71.0 Å². The summed E-state index contributed by atoms with van der Waals surface area (Å²) in [5.41, 5.74) is 14.8. The van der Waals surface area contributed by atoms with Crippen LogP contribution in [0.4, 0.5) is 30.5 Å². The lowest BCUT2D eigenvalue weighted by Gasteiger charge is -2.50. The van der Waals surface area contributed by atoms with E-state index in [1.54, 1.807) is 6.20 Å². The third-order valence-corrected chi connectivity index (χ3v) is 11.3. The van der Waals surface area contributed by atoms with Gasteiger partial charge in [-0.3, -0.25) is 9.80 Å². The molecule has 0 unspecified atom stereocenters. The molecule has 3 aromatic rings. The molecule has 0 radical (unpaired) electrons. The third-order valence-electron chi connectivity index (χ3n) is 11.3. The Morgan fingerprint density at radius 1 is 1.23 bits per heavy atom. The Kier molecular flexibility index (Phi) is 7.33. The second-order valence-electron chi connectivity index (χ2n) is 14.0. The largest absolute Gasteiger partial charge is 0.462 e. The molecule has 2 aromatic heterocycles. The smallest absolute Gasteiger partial charge is 0.318 e. The first kappa shape index (κ1) is 31.4. The normalized spacial score (nSPS) is 26.9. The molecule has 2 aliphatic carbocycles. The molecule has 7 rings (SSSR count). The van der Waals surface area contributed by atoms with Gasteiger partial charge in [0.25, 0.3) is 5.92 Å². The van der Waals surface area contributed by atoms with E-state index in [0.29, 0.717) is 67.1 Å². The molecule has 4 N–H and O–H groups in total. The minimum Gasteiger partial charge on any atom is -0.462 e. The van der Waals surface area contributed by atoms with Gasteiger partial charge in [0.2, 0.25) is 0 Å². The van der Waals surface area contributed by atoms with Crippen LogP contribution in [0.3, 0.4) is 0 Å². The molecule has 1 saturated carbocycles. The summed E-state index contributed by atoms with van der Waals surface area (Å²) in [5, 5.41) is 10.2. The molecule has 0 amide bonds. The molecule has 2 fully saturated rings. The number of nitrogens with zero attached hydrogens (tertiary/aromatic N) is 7. The van der Waals surface area contributed by atoms with Gasteiger partial charge in [0.05, 0.1) is 33.9 Å². The van der Waals surface area contributed by atoms with Crippen molar-refractivity contribution in [3.63, 3.8) is 0 Å². The molecule has 1 saturated heterocycles. The molecular formula is C34H40F3N9O. The van der Waals surface area contributed by atoms with Crippen LogP contribution >= 0.6 is 0 Å². The van der Waals surface area contributed by atoms with Crippen molar-refractivity contribution < 1.29 is 17.9 Å². The second kappa shape index (κ2) is 11.0. The molecule has 2 spiro atoms. The number of likely N-dealkylation sites (N-methyl/N-ethyl adjacent to an activating group) is 2. The molecule has 2 aliphatic heterocycles. The summed E-state index contributed by atoms with van der Waals surface area (Å²) < 4.78 is 50.1. The zero-order valence-electron chi connectivity index (χ0n) is 27.2. The number of halogens is 3. The Morgan fingerprint density at radius 2 is 2.00 bits per heavy atom. The monoisotopic (exact) mass is 647 g/mol. The highest BCUT2D eigenvalue weighted by atomic mass is 19.3. The summed E-state index contributed by atoms with van der Waals surface area (Å²) >= 11 is 0. The highest BCUT2D eigenvalue weighted by Gasteiger charge is 2.73. The van der Waals surface area contributed by atoms with Gasteiger partial charge in [-0.2, -0.15) is 15.2 Å². The number of aromatic nitrogens is 3. The number of hydrogen-bond donors (Lipinski definition) is 2. The average molecular weight is 648 g/mol. The van der Waals surface area contributed by atoms with Crippen molar-refractivity contribution in [1.82, 2.24) is 24.8 Å². The lowest BCUT2D eigenvalue weighted by molar-refractivity contribution is 0.0671. The number of ether oxygens (including phenoxy) is 1. The Balaban J connectivity index is 1.29. The molecule has 10 nitrogen and oxygen atoms in total. The van der Waals surface area contributed by atoms with Crippen LogP contribution < -0.4 is 21.1 Å². The molecular weight excluding hydrogens is 607 g/mol. The zero-order chi connectivity index (χ0) is 33.5. The van der Waals surface area contributed by atoms with Crippen LogP contribution in [0.2, 0.25) is 0 Å². The molecule has 4 heterocycles. The fourth-order valence-electron chi connectivity index (χ4n) is 8.37. The molecule has 0 bridgehead atoms. The summed E-state index contributed by atoms with van der Waals surface area (Å²) in [6.07, 6.45) is 4.22. The first-order valence-corrected chi connectivity index (χ1v) is 16.1. The number of alkyl halides is 2. The molecule has 248 valence electrons. The number of likely N-dealkylation sites (tertiary alicyclic amines) is 1. The van der Waals surface area contributed by atoms with Crippen molar-refractivity contribution in [3.05, 3.63) is 63.7 Å². The number of hydrogen-bond acceptors (Lipinski definition) is 10. The van der Waals surface area contributed by atoms with Gasteiger partial charge in [0, 0.05) is 56.3 Å². The van der Waals surface area contributed by atoms with Crippen molar-refractivity contribution in [1.29, 1.82) is 5.26 Å². The van der Waals surface area contributed by atoms with E-state index in [4.69, 9.17) is 26.2 Å². The lowest BCUT2D eigenvalue weighted by atomic mass is 9.68. The van der Waals surface area contributed by atoms with E-state index in [9.17, 15) is 14.0 Å². The summed E-state index contributed by atoms with van der Waals surface area (Å²) in [5.74, 6) is -1.98. The van der Waals surface area contributed by atoms with E-state index >= 15 is 4.39 Å². The van der Waals surface area contributed by atoms with Gasteiger partial charge in [0.15, 0.2) is 0 Å². The van der Waals surface area contributed by atoms with Crippen LogP contribution in [0.15, 0.2) is 24.4 Å². The van der Waals surface area contributed by atoms with Crippen molar-refractivity contribution in [2.75, 3.05) is 50.7 Å². The van der Waals surface area contributed by atoms with Gasteiger partial charge in [-0.1, -0.05) is 6.07 Å². The van der Waals surface area contributed by atoms with Crippen molar-refractivity contribution in [2.45, 2.75) is 75.5 Å². The number of benzene rings is 1. The maximum Gasteiger partial charge on any atom is 0.318 e. The van der Waals surface area contributed by atoms with Crippen LogP contribution in [-0.2, 0) is 24.9 Å². The number of rotatable bonds is 6. The summed E-state index contributed by atoms with van der Waals surface area (Å²) in [7, 11) is 5.76. The third kappa shape index (κ3) is 4.87. The van der Waals surface area contributed by atoms with Crippen LogP contribution in [0.5, 0.6) is 6.01 Å². The fourth-order valence-corrected chi connectivity index (χ4v) is 8.37. The fraction of sp³-hybridized carbons (Fsp3) is 0.529. The average Bonchev–Trinajstić information content (AvgIpc) is 3.39. The number of nitrogen functional groups attached to an aromatic ring is 2. The van der Waals surface area contributed by atoms with Gasteiger partial charge in [-0.25, -0.2) is 18.2 Å². The topological polar surface area (TPSA) is 133 Å². The first-order chi connectivity index (χ1) is 22.3. The molecule has 1 aromatic carbocycles. The Labute approximate surface area is 272 Å². The highest BCUT2D eigenvalue weighted by Crippen LogP contribution is 2.66. The summed E-state index contributed by atoms with van der Waals surface area (Å²) in [4.78, 5) is 20.2. The van der Waals surface area contributed by atoms with Crippen molar-refractivity contribution >= 4 is 17.3 Å². The maximum absolute atomic E-state index is 15.4. The quantitative estimate of drug-likeness (QED) is 0.367. The Hall–Kier alpha value is -4.15. The zero-order valence-corrected chi connectivity index (χ0v) is 27.2. The second-order valence-corrected chi connectivity index (χ2v) is 14.0. The first-order valence-electron chi connectivity index (χ1n) is 16.1. The van der Waals surface area contributed by atoms with Crippen LogP contribution in [0, 0.1) is 22.6 Å². The van der Waals surface area contributed by atoms with Crippen LogP contribution in [0.25, 0.3) is 0 Å². The molecule has 47 heavy (non-hydrogen) atoms. The van der Waals surface area contributed by atoms with Crippen molar-refractivity contribution in [3.8, 4) is 12.1 Å². The predicted octanol–water partition coefficient (Wildman–Crippen LogP) is 4.57. The van der Waals surface area contributed by atoms with Gasteiger partial charge < -0.3 is 21.1 Å². The van der Waals surface area contributed by atoms with Gasteiger partial charge in [0.1, 0.15) is 30.1 Å². The van der Waals surface area contributed by atoms with E-state index in [0.717, 1.165) is 23.2 Å². The highest BCUT2D eigenvalue weighted by molar-refractivity contribution is 5.64. The maximum atomic E-state index is 15.4. The van der Waals surface area contributed by atoms with E-state index in [-0.39, 0.29) is 36.8 Å². The molecule has 13 heteroatoms. The predicted molar refractivity (Wildman–Crippen MR) is 171 cm³/mol. The summed E-state index contributed by atoms with van der Waals surface area (Å²) in [6.45, 7) is 2.93. The number of nitriles is 1. The van der Waals surface area contributed by atoms with E-state index < -0.39 is 22.7 Å². The Morgan fingerprint density at radius 3 is 2.68 bits per heavy atom. The van der Waals surface area contributed by atoms with Gasteiger partial charge in [-0.15, -0.1) is 0 Å². The molecule has 4 aliphatic rings. The number of pyridine rings is 1. The van der Waals surface area contributed by atoms with E-state index in [2.05, 4.69) is 16.0 Å².